The van der Waals surface area contributed by atoms with Crippen LogP contribution in [-0.4, -0.2) is 45.8 Å². The van der Waals surface area contributed by atoms with Crippen LogP contribution in [0, 0.1) is 0 Å². The van der Waals surface area contributed by atoms with Crippen molar-refractivity contribution in [2.24, 2.45) is 0 Å². The van der Waals surface area contributed by atoms with Crippen LogP contribution in [0.3, 0.4) is 0 Å². The van der Waals surface area contributed by atoms with Gasteiger partial charge < -0.3 is 4.90 Å². The van der Waals surface area contributed by atoms with Crippen molar-refractivity contribution < 1.29 is 8.42 Å². The summed E-state index contributed by atoms with van der Waals surface area (Å²) in [4.78, 5) is 2.39. The third-order valence-electron chi connectivity index (χ3n) is 3.10. The predicted molar refractivity (Wildman–Crippen MR) is 85.2 cm³/mol. The number of unbranched alkanes of at least 4 members (excludes halogenated alkanes) is 1. The van der Waals surface area contributed by atoms with E-state index in [-0.39, 0.29) is 0 Å². The quantitative estimate of drug-likeness (QED) is 0.692. The van der Waals surface area contributed by atoms with E-state index in [1.54, 1.807) is 26.2 Å². The number of anilines is 1. The van der Waals surface area contributed by atoms with Crippen LogP contribution in [0.4, 0.5) is 5.69 Å². The number of sulfonamides is 1. The first kappa shape index (κ1) is 17.3. The summed E-state index contributed by atoms with van der Waals surface area (Å²) < 4.78 is 26.0. The molecule has 0 aliphatic rings. The Balaban J connectivity index is 3.22. The summed E-state index contributed by atoms with van der Waals surface area (Å²) >= 11 is 5.85. The lowest BCUT2D eigenvalue weighted by Crippen LogP contribution is -2.30. The lowest BCUT2D eigenvalue weighted by molar-refractivity contribution is 0.520. The summed E-state index contributed by atoms with van der Waals surface area (Å²) in [7, 11) is -0.356. The Morgan fingerprint density at radius 1 is 1.15 bits per heavy atom. The van der Waals surface area contributed by atoms with Crippen molar-refractivity contribution in [3.8, 4) is 0 Å². The average molecular weight is 319 g/mol. The van der Waals surface area contributed by atoms with Crippen molar-refractivity contribution in [1.82, 2.24) is 4.31 Å². The van der Waals surface area contributed by atoms with Crippen molar-refractivity contribution in [2.75, 3.05) is 38.0 Å². The van der Waals surface area contributed by atoms with Crippen LogP contribution >= 0.6 is 11.6 Å². The smallest absolute Gasteiger partial charge is 0.244 e. The number of nitrogens with zero attached hydrogens (tertiary/aromatic N) is 2. The standard InChI is InChI=1S/C14H23ClN2O2S/c1-4-5-11-17(12-10-15)13-8-6-7-9-14(13)20(18,19)16(2)3/h6-9H,4-5,10-12H2,1-3H3. The molecule has 0 saturated heterocycles. The van der Waals surface area contributed by atoms with E-state index in [4.69, 9.17) is 11.6 Å². The zero-order valence-electron chi connectivity index (χ0n) is 12.3. The molecule has 0 aliphatic heterocycles. The summed E-state index contributed by atoms with van der Waals surface area (Å²) in [5.41, 5.74) is 0.732. The maximum Gasteiger partial charge on any atom is 0.244 e. The van der Waals surface area contributed by atoms with Gasteiger partial charge in [0, 0.05) is 33.1 Å². The molecule has 0 amide bonds. The van der Waals surface area contributed by atoms with Gasteiger partial charge >= 0.3 is 0 Å². The van der Waals surface area contributed by atoms with Crippen LogP contribution in [0.5, 0.6) is 0 Å². The maximum atomic E-state index is 12.4. The molecule has 1 aromatic carbocycles. The van der Waals surface area contributed by atoms with E-state index in [9.17, 15) is 8.42 Å². The van der Waals surface area contributed by atoms with Crippen LogP contribution in [0.15, 0.2) is 29.2 Å². The number of hydrogen-bond acceptors (Lipinski definition) is 3. The molecule has 0 aromatic heterocycles. The Hall–Kier alpha value is -0.780. The number of para-hydroxylation sites is 1. The molecule has 0 heterocycles. The molecule has 4 nitrogen and oxygen atoms in total. The fourth-order valence-electron chi connectivity index (χ4n) is 1.94. The second kappa shape index (κ2) is 7.86. The van der Waals surface area contributed by atoms with E-state index in [1.165, 1.54) is 4.31 Å². The molecule has 0 radical (unpaired) electrons. The molecule has 0 aliphatic carbocycles. The highest BCUT2D eigenvalue weighted by Gasteiger charge is 2.23. The third kappa shape index (κ3) is 4.11. The molecular formula is C14H23ClN2O2S. The van der Waals surface area contributed by atoms with E-state index < -0.39 is 10.0 Å². The predicted octanol–water partition coefficient (Wildman–Crippen LogP) is 2.78. The molecule has 0 fully saturated rings. The summed E-state index contributed by atoms with van der Waals surface area (Å²) in [6.45, 7) is 3.56. The van der Waals surface area contributed by atoms with Crippen molar-refractivity contribution in [2.45, 2.75) is 24.7 Å². The van der Waals surface area contributed by atoms with Gasteiger partial charge in [-0.1, -0.05) is 25.5 Å². The van der Waals surface area contributed by atoms with Gasteiger partial charge in [-0.25, -0.2) is 12.7 Å². The maximum absolute atomic E-state index is 12.4. The van der Waals surface area contributed by atoms with Crippen molar-refractivity contribution >= 4 is 27.3 Å². The molecule has 0 atom stereocenters. The molecule has 6 heteroatoms. The second-order valence-corrected chi connectivity index (χ2v) is 7.28. The summed E-state index contributed by atoms with van der Waals surface area (Å²) in [5, 5.41) is 0. The zero-order chi connectivity index (χ0) is 15.2. The van der Waals surface area contributed by atoms with Crippen LogP contribution in [0.25, 0.3) is 0 Å². The monoisotopic (exact) mass is 318 g/mol. The fraction of sp³-hybridized carbons (Fsp3) is 0.571. The Morgan fingerprint density at radius 2 is 1.80 bits per heavy atom. The lowest BCUT2D eigenvalue weighted by atomic mass is 10.2. The van der Waals surface area contributed by atoms with Crippen molar-refractivity contribution in [3.05, 3.63) is 24.3 Å². The number of hydrogen-bond donors (Lipinski definition) is 0. The summed E-state index contributed by atoms with van der Waals surface area (Å²) in [6.07, 6.45) is 2.06. The Morgan fingerprint density at radius 3 is 2.35 bits per heavy atom. The van der Waals surface area contributed by atoms with E-state index in [2.05, 4.69) is 6.92 Å². The van der Waals surface area contributed by atoms with Crippen molar-refractivity contribution in [1.29, 1.82) is 0 Å². The average Bonchev–Trinajstić information content (AvgIpc) is 2.43. The zero-order valence-corrected chi connectivity index (χ0v) is 13.9. The van der Waals surface area contributed by atoms with Crippen LogP contribution in [0.2, 0.25) is 0 Å². The van der Waals surface area contributed by atoms with Crippen molar-refractivity contribution in [3.63, 3.8) is 0 Å². The highest BCUT2D eigenvalue weighted by atomic mass is 35.5. The largest absolute Gasteiger partial charge is 0.369 e. The van der Waals surface area contributed by atoms with Gasteiger partial charge in [-0.3, -0.25) is 0 Å². The topological polar surface area (TPSA) is 40.6 Å². The summed E-state index contributed by atoms with van der Waals surface area (Å²) in [5.74, 6) is 0.472. The molecule has 1 rings (SSSR count). The number of alkyl halides is 1. The van der Waals surface area contributed by atoms with Gasteiger partial charge in [-0.15, -0.1) is 11.6 Å². The Kier molecular flexibility index (Phi) is 6.79. The highest BCUT2D eigenvalue weighted by molar-refractivity contribution is 7.89. The first-order chi connectivity index (χ1) is 9.45. The first-order valence-electron chi connectivity index (χ1n) is 6.77. The molecular weight excluding hydrogens is 296 g/mol. The molecule has 0 saturated carbocycles. The third-order valence-corrected chi connectivity index (χ3v) is 5.13. The van der Waals surface area contributed by atoms with Crippen LogP contribution in [0.1, 0.15) is 19.8 Å². The van der Waals surface area contributed by atoms with Crippen LogP contribution in [-0.2, 0) is 10.0 Å². The van der Waals surface area contributed by atoms with Gasteiger partial charge in [-0.05, 0) is 18.6 Å². The fourth-order valence-corrected chi connectivity index (χ4v) is 3.25. The van der Waals surface area contributed by atoms with Crippen LogP contribution < -0.4 is 4.90 Å². The van der Waals surface area contributed by atoms with E-state index in [0.29, 0.717) is 17.3 Å². The van der Waals surface area contributed by atoms with Gasteiger partial charge in [-0.2, -0.15) is 0 Å². The van der Waals surface area contributed by atoms with E-state index in [0.717, 1.165) is 25.1 Å². The van der Waals surface area contributed by atoms with E-state index >= 15 is 0 Å². The second-order valence-electron chi connectivity index (χ2n) is 4.78. The molecule has 20 heavy (non-hydrogen) atoms. The van der Waals surface area contributed by atoms with Gasteiger partial charge in [0.1, 0.15) is 4.90 Å². The lowest BCUT2D eigenvalue weighted by Gasteiger charge is -2.27. The molecule has 1 aromatic rings. The molecule has 0 unspecified atom stereocenters. The van der Waals surface area contributed by atoms with Gasteiger partial charge in [0.25, 0.3) is 0 Å². The van der Waals surface area contributed by atoms with Gasteiger partial charge in [0.2, 0.25) is 10.0 Å². The highest BCUT2D eigenvalue weighted by Crippen LogP contribution is 2.27. The number of rotatable bonds is 8. The molecule has 0 bridgehead atoms. The number of benzene rings is 1. The molecule has 0 N–H and O–H groups in total. The molecule has 0 spiro atoms. The van der Waals surface area contributed by atoms with E-state index in [1.807, 2.05) is 17.0 Å². The minimum absolute atomic E-state index is 0.339. The minimum Gasteiger partial charge on any atom is -0.369 e. The van der Waals surface area contributed by atoms with Gasteiger partial charge in [0.05, 0.1) is 5.69 Å². The number of halogens is 1. The normalized spacial score (nSPS) is 11.8. The first-order valence-corrected chi connectivity index (χ1v) is 8.75. The van der Waals surface area contributed by atoms with Gasteiger partial charge in [0.15, 0.2) is 0 Å². The Labute approximate surface area is 127 Å². The molecule has 114 valence electrons. The Bertz CT molecular complexity index is 518. The minimum atomic E-state index is -3.45. The SMILES string of the molecule is CCCCN(CCCl)c1ccccc1S(=O)(=O)N(C)C. The summed E-state index contributed by atoms with van der Waals surface area (Å²) in [6, 6.07) is 7.10.